The fraction of sp³-hybridized carbons (Fsp3) is 0.240. The summed E-state index contributed by atoms with van der Waals surface area (Å²) in [6, 6.07) is 17.9. The second-order valence-electron chi connectivity index (χ2n) is 7.83. The summed E-state index contributed by atoms with van der Waals surface area (Å²) in [6.07, 6.45) is 0. The van der Waals surface area contributed by atoms with E-state index in [9.17, 15) is 13.2 Å². The largest absolute Gasteiger partial charge is 0.493 e. The summed E-state index contributed by atoms with van der Waals surface area (Å²) in [5.74, 6) is 0.518. The lowest BCUT2D eigenvalue weighted by molar-refractivity contribution is -0.114. The predicted molar refractivity (Wildman–Crippen MR) is 135 cm³/mol. The summed E-state index contributed by atoms with van der Waals surface area (Å²) in [4.78, 5) is 12.8. The van der Waals surface area contributed by atoms with E-state index >= 15 is 0 Å². The van der Waals surface area contributed by atoms with Gasteiger partial charge in [0.2, 0.25) is 5.91 Å². The lowest BCUT2D eigenvalue weighted by Gasteiger charge is -2.24. The van der Waals surface area contributed by atoms with Gasteiger partial charge in [-0.1, -0.05) is 37.6 Å². The van der Waals surface area contributed by atoms with Crippen LogP contribution in [0.5, 0.6) is 11.5 Å². The highest BCUT2D eigenvalue weighted by atomic mass is 35.5. The van der Waals surface area contributed by atoms with Crippen LogP contribution in [0.25, 0.3) is 0 Å². The summed E-state index contributed by atoms with van der Waals surface area (Å²) in [5, 5.41) is 3.21. The Morgan fingerprint density at radius 1 is 0.941 bits per heavy atom. The molecule has 180 valence electrons. The zero-order valence-corrected chi connectivity index (χ0v) is 21.0. The van der Waals surface area contributed by atoms with Crippen LogP contribution in [0, 0.1) is 0 Å². The summed E-state index contributed by atoms with van der Waals surface area (Å²) in [6.45, 7) is 3.72. The van der Waals surface area contributed by atoms with E-state index in [1.54, 1.807) is 36.4 Å². The molecule has 0 spiro atoms. The molecule has 0 heterocycles. The van der Waals surface area contributed by atoms with Crippen molar-refractivity contribution in [1.29, 1.82) is 0 Å². The van der Waals surface area contributed by atoms with Gasteiger partial charge in [0.25, 0.3) is 10.0 Å². The molecule has 0 saturated heterocycles. The van der Waals surface area contributed by atoms with Crippen molar-refractivity contribution in [3.05, 3.63) is 77.3 Å². The van der Waals surface area contributed by atoms with Crippen LogP contribution in [0.3, 0.4) is 0 Å². The molecule has 1 amide bonds. The summed E-state index contributed by atoms with van der Waals surface area (Å²) >= 11 is 5.99. The first kappa shape index (κ1) is 25.4. The van der Waals surface area contributed by atoms with Crippen LogP contribution in [0.1, 0.15) is 25.3 Å². The molecule has 7 nitrogen and oxygen atoms in total. The molecule has 0 bridgehead atoms. The van der Waals surface area contributed by atoms with Crippen LogP contribution >= 0.6 is 11.6 Å². The molecule has 3 rings (SSSR count). The van der Waals surface area contributed by atoms with E-state index in [2.05, 4.69) is 19.2 Å². The van der Waals surface area contributed by atoms with Crippen molar-refractivity contribution in [1.82, 2.24) is 0 Å². The Kier molecular flexibility index (Phi) is 8.06. The highest BCUT2D eigenvalue weighted by Gasteiger charge is 2.28. The normalized spacial score (nSPS) is 11.2. The zero-order valence-electron chi connectivity index (χ0n) is 19.4. The standard InChI is InChI=1S/C25H27ClN2O5S/c1-17(2)18-5-9-20(10-6-18)27-25(29)16-28(21-11-7-19(26)8-12-21)34(30,31)22-13-14-23(32-3)24(15-22)33-4/h5-15,17H,16H2,1-4H3,(H,27,29). The number of nitrogens with one attached hydrogen (secondary N) is 1. The fourth-order valence-corrected chi connectivity index (χ4v) is 4.87. The maximum atomic E-state index is 13.6. The number of carbonyl (C=O) groups is 1. The predicted octanol–water partition coefficient (Wildman–Crippen LogP) is 5.31. The average Bonchev–Trinajstić information content (AvgIpc) is 2.83. The van der Waals surface area contributed by atoms with Gasteiger partial charge in [0.1, 0.15) is 6.54 Å². The lowest BCUT2D eigenvalue weighted by Crippen LogP contribution is -2.38. The fourth-order valence-electron chi connectivity index (χ4n) is 3.31. The molecule has 1 N–H and O–H groups in total. The van der Waals surface area contributed by atoms with E-state index < -0.39 is 22.5 Å². The lowest BCUT2D eigenvalue weighted by atomic mass is 10.0. The third kappa shape index (κ3) is 5.81. The van der Waals surface area contributed by atoms with Crippen LogP contribution in [-0.4, -0.2) is 35.1 Å². The molecule has 0 radical (unpaired) electrons. The number of carbonyl (C=O) groups excluding carboxylic acids is 1. The molecule has 3 aromatic carbocycles. The summed E-state index contributed by atoms with van der Waals surface area (Å²) < 4.78 is 38.7. The molecule has 0 aromatic heterocycles. The molecule has 0 saturated carbocycles. The average molecular weight is 503 g/mol. The highest BCUT2D eigenvalue weighted by Crippen LogP contribution is 2.32. The van der Waals surface area contributed by atoms with Crippen molar-refractivity contribution in [3.8, 4) is 11.5 Å². The van der Waals surface area contributed by atoms with E-state index in [0.29, 0.717) is 28.1 Å². The maximum absolute atomic E-state index is 13.6. The molecule has 0 aliphatic carbocycles. The number of methoxy groups -OCH3 is 2. The molecule has 3 aromatic rings. The maximum Gasteiger partial charge on any atom is 0.264 e. The number of hydrogen-bond acceptors (Lipinski definition) is 5. The third-order valence-corrected chi connectivity index (χ3v) is 7.23. The van der Waals surface area contributed by atoms with Crippen LogP contribution in [-0.2, 0) is 14.8 Å². The van der Waals surface area contributed by atoms with Crippen LogP contribution in [0.15, 0.2) is 71.6 Å². The topological polar surface area (TPSA) is 84.9 Å². The van der Waals surface area contributed by atoms with Crippen molar-refractivity contribution < 1.29 is 22.7 Å². The number of ether oxygens (including phenoxy) is 2. The molecule has 34 heavy (non-hydrogen) atoms. The number of nitrogens with zero attached hydrogens (tertiary/aromatic N) is 1. The zero-order chi connectivity index (χ0) is 24.9. The van der Waals surface area contributed by atoms with Gasteiger partial charge in [-0.3, -0.25) is 9.10 Å². The Labute approximate surface area is 205 Å². The quantitative estimate of drug-likeness (QED) is 0.428. The minimum atomic E-state index is -4.14. The van der Waals surface area contributed by atoms with Crippen molar-refractivity contribution in [2.24, 2.45) is 0 Å². The second-order valence-corrected chi connectivity index (χ2v) is 10.1. The second kappa shape index (κ2) is 10.8. The molecule has 0 aliphatic heterocycles. The molecule has 0 aliphatic rings. The van der Waals surface area contributed by atoms with Gasteiger partial charge in [0.15, 0.2) is 11.5 Å². The smallest absolute Gasteiger partial charge is 0.264 e. The van der Waals surface area contributed by atoms with Gasteiger partial charge >= 0.3 is 0 Å². The van der Waals surface area contributed by atoms with Crippen LogP contribution in [0.2, 0.25) is 5.02 Å². The Morgan fingerprint density at radius 2 is 1.56 bits per heavy atom. The molecule has 0 unspecified atom stereocenters. The molecule has 0 atom stereocenters. The van der Waals surface area contributed by atoms with Gasteiger partial charge < -0.3 is 14.8 Å². The Bertz CT molecular complexity index is 1240. The van der Waals surface area contributed by atoms with Crippen LogP contribution in [0.4, 0.5) is 11.4 Å². The molecule has 0 fully saturated rings. The van der Waals surface area contributed by atoms with Crippen molar-refractivity contribution in [2.45, 2.75) is 24.7 Å². The van der Waals surface area contributed by atoms with E-state index in [1.807, 2.05) is 12.1 Å². The summed E-state index contributed by atoms with van der Waals surface area (Å²) in [5.41, 5.74) is 2.01. The monoisotopic (exact) mass is 502 g/mol. The first-order valence-corrected chi connectivity index (χ1v) is 12.4. The highest BCUT2D eigenvalue weighted by molar-refractivity contribution is 7.92. The number of anilines is 2. The number of sulfonamides is 1. The van der Waals surface area contributed by atoms with Gasteiger partial charge in [-0.05, 0) is 60.0 Å². The Balaban J connectivity index is 1.94. The Hall–Kier alpha value is -3.23. The van der Waals surface area contributed by atoms with Gasteiger partial charge in [-0.2, -0.15) is 0 Å². The molecule has 9 heteroatoms. The van der Waals surface area contributed by atoms with Crippen molar-refractivity contribution >= 4 is 38.9 Å². The van der Waals surface area contributed by atoms with Gasteiger partial charge in [-0.15, -0.1) is 0 Å². The number of hydrogen-bond donors (Lipinski definition) is 1. The van der Waals surface area contributed by atoms with E-state index in [-0.39, 0.29) is 10.6 Å². The SMILES string of the molecule is COc1ccc(S(=O)(=O)N(CC(=O)Nc2ccc(C(C)C)cc2)c2ccc(Cl)cc2)cc1OC. The van der Waals surface area contributed by atoms with Crippen LogP contribution < -0.4 is 19.1 Å². The van der Waals surface area contributed by atoms with E-state index in [1.165, 1.54) is 32.4 Å². The number of amides is 1. The van der Waals surface area contributed by atoms with Gasteiger partial charge in [0, 0.05) is 16.8 Å². The van der Waals surface area contributed by atoms with Crippen molar-refractivity contribution in [2.75, 3.05) is 30.4 Å². The number of halogens is 1. The molecular weight excluding hydrogens is 476 g/mol. The Morgan fingerprint density at radius 3 is 2.12 bits per heavy atom. The van der Waals surface area contributed by atoms with Gasteiger partial charge in [-0.25, -0.2) is 8.42 Å². The van der Waals surface area contributed by atoms with Crippen molar-refractivity contribution in [3.63, 3.8) is 0 Å². The summed E-state index contributed by atoms with van der Waals surface area (Å²) in [7, 11) is -1.25. The first-order chi connectivity index (χ1) is 16.1. The molecular formula is C25H27ClN2O5S. The number of rotatable bonds is 9. The first-order valence-electron chi connectivity index (χ1n) is 10.6. The van der Waals surface area contributed by atoms with E-state index in [4.69, 9.17) is 21.1 Å². The minimum absolute atomic E-state index is 0.0470. The van der Waals surface area contributed by atoms with Gasteiger partial charge in [0.05, 0.1) is 24.8 Å². The van der Waals surface area contributed by atoms with E-state index in [0.717, 1.165) is 9.87 Å². The minimum Gasteiger partial charge on any atom is -0.493 e. The third-order valence-electron chi connectivity index (χ3n) is 5.21. The number of benzene rings is 3.